The largest absolute Gasteiger partial charge is 0.449 e. The number of benzene rings is 2. The highest BCUT2D eigenvalue weighted by Gasteiger charge is 2.32. The Hall–Kier alpha value is -3.20. The first-order valence-corrected chi connectivity index (χ1v) is 11.9. The average Bonchev–Trinajstić information content (AvgIpc) is 3.25. The molecule has 10 heteroatoms. The molecule has 0 saturated carbocycles. The van der Waals surface area contributed by atoms with Gasteiger partial charge in [0, 0.05) is 36.8 Å². The lowest BCUT2D eigenvalue weighted by molar-refractivity contribution is -0.130. The zero-order valence-corrected chi connectivity index (χ0v) is 20.0. The molecular formula is C25H26ClF2N3O4. The third kappa shape index (κ3) is 5.73. The second kappa shape index (κ2) is 10.6. The number of nitrogens with zero attached hydrogens (tertiary/aromatic N) is 1. The first-order chi connectivity index (χ1) is 16.7. The van der Waals surface area contributed by atoms with Crippen molar-refractivity contribution in [3.8, 4) is 0 Å². The minimum Gasteiger partial charge on any atom is -0.449 e. The number of carbonyl (C=O) groups is 3. The van der Waals surface area contributed by atoms with Crippen LogP contribution in [0.15, 0.2) is 30.3 Å². The summed E-state index contributed by atoms with van der Waals surface area (Å²) in [5.41, 5.74) is 1.36. The highest BCUT2D eigenvalue weighted by molar-refractivity contribution is 6.31. The van der Waals surface area contributed by atoms with E-state index in [1.165, 1.54) is 31.2 Å². The van der Waals surface area contributed by atoms with Gasteiger partial charge in [-0.3, -0.25) is 9.59 Å². The molecule has 0 aromatic heterocycles. The van der Waals surface area contributed by atoms with Gasteiger partial charge in [0.15, 0.2) is 0 Å². The maximum atomic E-state index is 14.7. The third-order valence-electron chi connectivity index (χ3n) is 6.56. The molecule has 35 heavy (non-hydrogen) atoms. The Labute approximate surface area is 206 Å². The lowest BCUT2D eigenvalue weighted by Gasteiger charge is -2.31. The van der Waals surface area contributed by atoms with Gasteiger partial charge in [0.1, 0.15) is 11.6 Å². The number of rotatable bonds is 5. The molecule has 0 bridgehead atoms. The zero-order chi connectivity index (χ0) is 25.1. The van der Waals surface area contributed by atoms with Crippen molar-refractivity contribution in [1.29, 1.82) is 0 Å². The summed E-state index contributed by atoms with van der Waals surface area (Å²) in [7, 11) is 0. The van der Waals surface area contributed by atoms with E-state index in [0.717, 1.165) is 18.9 Å². The molecule has 2 aliphatic rings. The number of ether oxygens (including phenoxy) is 1. The third-order valence-corrected chi connectivity index (χ3v) is 6.85. The van der Waals surface area contributed by atoms with Gasteiger partial charge in [-0.05, 0) is 67.5 Å². The van der Waals surface area contributed by atoms with E-state index in [4.69, 9.17) is 16.3 Å². The molecule has 7 nitrogen and oxygen atoms in total. The molecule has 2 aromatic rings. The van der Waals surface area contributed by atoms with Crippen molar-refractivity contribution in [3.63, 3.8) is 0 Å². The second-order valence-corrected chi connectivity index (χ2v) is 9.26. The molecule has 4 rings (SSSR count). The summed E-state index contributed by atoms with van der Waals surface area (Å²) in [5, 5.41) is 5.24. The Balaban J connectivity index is 1.37. The molecule has 1 aliphatic carbocycles. The lowest BCUT2D eigenvalue weighted by atomic mass is 9.98. The van der Waals surface area contributed by atoms with Crippen LogP contribution in [-0.4, -0.2) is 42.5 Å². The van der Waals surface area contributed by atoms with Crippen molar-refractivity contribution < 1.29 is 27.9 Å². The molecule has 1 aliphatic heterocycles. The number of nitrogens with one attached hydrogen (secondary N) is 2. The molecular weight excluding hydrogens is 480 g/mol. The van der Waals surface area contributed by atoms with Gasteiger partial charge < -0.3 is 20.3 Å². The van der Waals surface area contributed by atoms with Gasteiger partial charge in [-0.2, -0.15) is 0 Å². The molecule has 186 valence electrons. The molecule has 0 unspecified atom stereocenters. The van der Waals surface area contributed by atoms with Gasteiger partial charge in [-0.1, -0.05) is 11.6 Å². The number of hydrogen-bond acceptors (Lipinski definition) is 4. The Bertz CT molecular complexity index is 1150. The SMILES string of the molecule is CC(=O)N1CCC(COC(=O)N[C@H]2CCc3c(C(=O)Nc4ccc(F)c(Cl)c4)ccc(F)c32)CC1. The smallest absolute Gasteiger partial charge is 0.407 e. The van der Waals surface area contributed by atoms with Crippen molar-refractivity contribution in [2.24, 2.45) is 5.92 Å². The predicted octanol–water partition coefficient (Wildman–Crippen LogP) is 4.84. The molecule has 1 atom stereocenters. The van der Waals surface area contributed by atoms with E-state index in [0.29, 0.717) is 37.2 Å². The van der Waals surface area contributed by atoms with Gasteiger partial charge in [-0.15, -0.1) is 0 Å². The van der Waals surface area contributed by atoms with Gasteiger partial charge in [-0.25, -0.2) is 13.6 Å². The summed E-state index contributed by atoms with van der Waals surface area (Å²) in [6.45, 7) is 3.04. The summed E-state index contributed by atoms with van der Waals surface area (Å²) in [5.74, 6) is -1.39. The fourth-order valence-corrected chi connectivity index (χ4v) is 4.82. The van der Waals surface area contributed by atoms with Crippen LogP contribution in [-0.2, 0) is 16.0 Å². The van der Waals surface area contributed by atoms with Crippen LogP contribution in [0.25, 0.3) is 0 Å². The standard InChI is InChI=1S/C25H26ClF2N3O4/c1-14(32)31-10-8-15(9-11-31)13-35-25(34)30-22-7-4-17-18(3-6-21(28)23(17)22)24(33)29-16-2-5-20(27)19(26)12-16/h2-3,5-6,12,15,22H,4,7-11,13H2,1H3,(H,29,33)(H,30,34)/t22-/m0/s1. The monoisotopic (exact) mass is 505 g/mol. The fraction of sp³-hybridized carbons (Fsp3) is 0.400. The number of halogens is 3. The molecule has 2 aromatic carbocycles. The minimum absolute atomic E-state index is 0.0403. The van der Waals surface area contributed by atoms with E-state index in [2.05, 4.69) is 10.6 Å². The predicted molar refractivity (Wildman–Crippen MR) is 126 cm³/mol. The Morgan fingerprint density at radius 1 is 1.09 bits per heavy atom. The van der Waals surface area contributed by atoms with Crippen LogP contribution in [0.1, 0.15) is 53.7 Å². The maximum Gasteiger partial charge on any atom is 0.407 e. The molecule has 2 N–H and O–H groups in total. The number of amides is 3. The molecule has 1 heterocycles. The average molecular weight is 506 g/mol. The summed E-state index contributed by atoms with van der Waals surface area (Å²) >= 11 is 5.78. The van der Waals surface area contributed by atoms with Crippen molar-refractivity contribution in [1.82, 2.24) is 10.2 Å². The number of alkyl carbamates (subject to hydrolysis) is 1. The number of carbonyl (C=O) groups excluding carboxylic acids is 3. The molecule has 1 saturated heterocycles. The Morgan fingerprint density at radius 2 is 1.80 bits per heavy atom. The number of fused-ring (bicyclic) bond motifs is 1. The van der Waals surface area contributed by atoms with Crippen molar-refractivity contribution in [2.75, 3.05) is 25.0 Å². The van der Waals surface area contributed by atoms with E-state index >= 15 is 0 Å². The van der Waals surface area contributed by atoms with Crippen molar-refractivity contribution in [3.05, 3.63) is 63.7 Å². The van der Waals surface area contributed by atoms with E-state index < -0.39 is 29.7 Å². The Morgan fingerprint density at radius 3 is 2.49 bits per heavy atom. The van der Waals surface area contributed by atoms with Crippen LogP contribution >= 0.6 is 11.6 Å². The van der Waals surface area contributed by atoms with Gasteiger partial charge in [0.2, 0.25) is 5.91 Å². The molecule has 0 radical (unpaired) electrons. The van der Waals surface area contributed by atoms with Crippen LogP contribution in [0.2, 0.25) is 5.02 Å². The van der Waals surface area contributed by atoms with Crippen LogP contribution in [0.4, 0.5) is 19.3 Å². The van der Waals surface area contributed by atoms with E-state index in [-0.39, 0.29) is 34.6 Å². The minimum atomic E-state index is -0.646. The molecule has 1 fully saturated rings. The quantitative estimate of drug-likeness (QED) is 0.608. The number of piperidine rings is 1. The molecule has 3 amide bonds. The summed E-state index contributed by atoms with van der Waals surface area (Å²) in [4.78, 5) is 38.5. The van der Waals surface area contributed by atoms with Crippen LogP contribution in [0.3, 0.4) is 0 Å². The second-order valence-electron chi connectivity index (χ2n) is 8.85. The Kier molecular flexibility index (Phi) is 7.54. The van der Waals surface area contributed by atoms with Crippen molar-refractivity contribution in [2.45, 2.75) is 38.6 Å². The van der Waals surface area contributed by atoms with Crippen LogP contribution in [0.5, 0.6) is 0 Å². The summed E-state index contributed by atoms with van der Waals surface area (Å²) in [6.07, 6.45) is 1.68. The number of anilines is 1. The first kappa shape index (κ1) is 24.9. The number of hydrogen-bond donors (Lipinski definition) is 2. The van der Waals surface area contributed by atoms with Gasteiger partial charge in [0.05, 0.1) is 17.7 Å². The highest BCUT2D eigenvalue weighted by Crippen LogP contribution is 2.36. The van der Waals surface area contributed by atoms with Crippen molar-refractivity contribution >= 4 is 35.2 Å². The van der Waals surface area contributed by atoms with E-state index in [1.807, 2.05) is 0 Å². The molecule has 0 spiro atoms. The summed E-state index contributed by atoms with van der Waals surface area (Å²) < 4.78 is 33.5. The maximum absolute atomic E-state index is 14.7. The normalized spacial score (nSPS) is 17.6. The van der Waals surface area contributed by atoms with Gasteiger partial charge >= 0.3 is 6.09 Å². The zero-order valence-electron chi connectivity index (χ0n) is 19.2. The fourth-order valence-electron chi connectivity index (χ4n) is 4.64. The lowest BCUT2D eigenvalue weighted by Crippen LogP contribution is -2.39. The van der Waals surface area contributed by atoms with Crippen LogP contribution < -0.4 is 10.6 Å². The van der Waals surface area contributed by atoms with Gasteiger partial charge in [0.25, 0.3) is 5.91 Å². The summed E-state index contributed by atoms with van der Waals surface area (Å²) in [6, 6.07) is 5.79. The van der Waals surface area contributed by atoms with E-state index in [1.54, 1.807) is 4.90 Å². The number of likely N-dealkylation sites (tertiary alicyclic amines) is 1. The first-order valence-electron chi connectivity index (χ1n) is 11.5. The highest BCUT2D eigenvalue weighted by atomic mass is 35.5. The van der Waals surface area contributed by atoms with Crippen LogP contribution in [0, 0.1) is 17.6 Å². The topological polar surface area (TPSA) is 87.7 Å². The van der Waals surface area contributed by atoms with E-state index in [9.17, 15) is 23.2 Å².